The van der Waals surface area contributed by atoms with Crippen molar-refractivity contribution in [1.82, 2.24) is 0 Å². The monoisotopic (exact) mass is 233 g/mol. The first-order valence-electron chi connectivity index (χ1n) is 6.41. The van der Waals surface area contributed by atoms with E-state index in [1.54, 1.807) is 0 Å². The van der Waals surface area contributed by atoms with Gasteiger partial charge in [0.25, 0.3) is 0 Å². The van der Waals surface area contributed by atoms with Crippen molar-refractivity contribution >= 4 is 0 Å². The highest BCUT2D eigenvalue weighted by atomic mass is 16.3. The molecule has 0 spiro atoms. The summed E-state index contributed by atoms with van der Waals surface area (Å²) in [6, 6.07) is 8.29. The fraction of sp³-hybridized carbons (Fsp3) is 0.600. The highest BCUT2D eigenvalue weighted by Crippen LogP contribution is 2.45. The molecule has 1 fully saturated rings. The molecule has 0 amide bonds. The molecule has 1 unspecified atom stereocenters. The summed E-state index contributed by atoms with van der Waals surface area (Å²) in [7, 11) is 0. The maximum absolute atomic E-state index is 10.6. The second kappa shape index (κ2) is 4.11. The number of hydrogen-bond donors (Lipinski definition) is 2. The average molecular weight is 233 g/mol. The predicted octanol–water partition coefficient (Wildman–Crippen LogP) is 2.54. The fourth-order valence-electron chi connectivity index (χ4n) is 2.34. The lowest BCUT2D eigenvalue weighted by atomic mass is 9.83. The van der Waals surface area contributed by atoms with Crippen molar-refractivity contribution in [3.05, 3.63) is 35.4 Å². The zero-order valence-electron chi connectivity index (χ0n) is 11.0. The van der Waals surface area contributed by atoms with Gasteiger partial charge in [-0.3, -0.25) is 0 Å². The van der Waals surface area contributed by atoms with Crippen LogP contribution in [0, 0.1) is 5.92 Å². The van der Waals surface area contributed by atoms with E-state index in [0.717, 1.165) is 18.4 Å². The van der Waals surface area contributed by atoms with Gasteiger partial charge in [0, 0.05) is 6.54 Å². The molecule has 1 atom stereocenters. The van der Waals surface area contributed by atoms with Gasteiger partial charge >= 0.3 is 0 Å². The van der Waals surface area contributed by atoms with Crippen LogP contribution < -0.4 is 5.73 Å². The molecule has 17 heavy (non-hydrogen) atoms. The third-order valence-electron chi connectivity index (χ3n) is 3.81. The van der Waals surface area contributed by atoms with E-state index in [4.69, 9.17) is 5.73 Å². The maximum atomic E-state index is 10.6. The molecule has 2 heteroatoms. The van der Waals surface area contributed by atoms with E-state index in [1.165, 1.54) is 5.56 Å². The molecular formula is C15H23NO. The molecule has 2 rings (SSSR count). The second-order valence-electron chi connectivity index (χ2n) is 6.23. The summed E-state index contributed by atoms with van der Waals surface area (Å²) in [5.74, 6) is 0.355. The van der Waals surface area contributed by atoms with Crippen molar-refractivity contribution in [3.8, 4) is 0 Å². The van der Waals surface area contributed by atoms with E-state index >= 15 is 0 Å². The normalized spacial score (nSPS) is 20.1. The summed E-state index contributed by atoms with van der Waals surface area (Å²) in [6.07, 6.45) is 2.18. The standard InChI is InChI=1S/C15H23NO/c1-14(2,3)11-4-6-12(7-5-11)15(17,10-16)13-8-9-13/h4-7,13,17H,8-10,16H2,1-3H3. The first-order valence-corrected chi connectivity index (χ1v) is 6.41. The molecule has 2 nitrogen and oxygen atoms in total. The Labute approximate surface area is 104 Å². The Bertz CT molecular complexity index is 386. The van der Waals surface area contributed by atoms with E-state index in [0.29, 0.717) is 12.5 Å². The van der Waals surface area contributed by atoms with Crippen molar-refractivity contribution in [2.45, 2.75) is 44.6 Å². The van der Waals surface area contributed by atoms with Crippen LogP contribution in [0.15, 0.2) is 24.3 Å². The van der Waals surface area contributed by atoms with Gasteiger partial charge in [-0.2, -0.15) is 0 Å². The third-order valence-corrected chi connectivity index (χ3v) is 3.81. The SMILES string of the molecule is CC(C)(C)c1ccc(C(O)(CN)C2CC2)cc1. The van der Waals surface area contributed by atoms with E-state index in [2.05, 4.69) is 32.9 Å². The lowest BCUT2D eigenvalue weighted by Crippen LogP contribution is -2.37. The summed E-state index contributed by atoms with van der Waals surface area (Å²) in [5, 5.41) is 10.6. The Hall–Kier alpha value is -0.860. The van der Waals surface area contributed by atoms with Crippen LogP contribution in [0.1, 0.15) is 44.7 Å². The number of rotatable bonds is 3. The van der Waals surface area contributed by atoms with Crippen molar-refractivity contribution in [2.75, 3.05) is 6.54 Å². The lowest BCUT2D eigenvalue weighted by Gasteiger charge is -2.28. The van der Waals surface area contributed by atoms with E-state index in [-0.39, 0.29) is 5.41 Å². The van der Waals surface area contributed by atoms with E-state index < -0.39 is 5.60 Å². The van der Waals surface area contributed by atoms with Gasteiger partial charge < -0.3 is 10.8 Å². The highest BCUT2D eigenvalue weighted by Gasteiger charge is 2.44. The minimum atomic E-state index is -0.809. The molecule has 0 heterocycles. The van der Waals surface area contributed by atoms with Crippen molar-refractivity contribution in [2.24, 2.45) is 11.7 Å². The molecule has 0 aromatic heterocycles. The minimum Gasteiger partial charge on any atom is -0.384 e. The highest BCUT2D eigenvalue weighted by molar-refractivity contribution is 5.32. The summed E-state index contributed by atoms with van der Waals surface area (Å²) in [4.78, 5) is 0. The molecule has 1 aromatic rings. The first kappa shape index (κ1) is 12.6. The van der Waals surface area contributed by atoms with Gasteiger partial charge in [-0.1, -0.05) is 45.0 Å². The molecule has 3 N–H and O–H groups in total. The largest absolute Gasteiger partial charge is 0.384 e. The summed E-state index contributed by atoms with van der Waals surface area (Å²) < 4.78 is 0. The molecule has 1 aromatic carbocycles. The molecule has 0 radical (unpaired) electrons. The van der Waals surface area contributed by atoms with Gasteiger partial charge in [0.05, 0.1) is 0 Å². The number of benzene rings is 1. The van der Waals surface area contributed by atoms with Crippen LogP contribution in [0.4, 0.5) is 0 Å². The van der Waals surface area contributed by atoms with Gasteiger partial charge in [-0.05, 0) is 35.3 Å². The van der Waals surface area contributed by atoms with Crippen LogP contribution in [0.25, 0.3) is 0 Å². The van der Waals surface area contributed by atoms with Crippen LogP contribution in [0.3, 0.4) is 0 Å². The summed E-state index contributed by atoms with van der Waals surface area (Å²) in [6.45, 7) is 6.89. The zero-order chi connectivity index (χ0) is 12.7. The van der Waals surface area contributed by atoms with E-state index in [9.17, 15) is 5.11 Å². The quantitative estimate of drug-likeness (QED) is 0.842. The van der Waals surface area contributed by atoms with Crippen LogP contribution in [-0.4, -0.2) is 11.7 Å². The number of hydrogen-bond acceptors (Lipinski definition) is 2. The Morgan fingerprint density at radius 1 is 1.12 bits per heavy atom. The first-order chi connectivity index (χ1) is 7.88. The number of aliphatic hydroxyl groups is 1. The van der Waals surface area contributed by atoms with Crippen LogP contribution in [-0.2, 0) is 11.0 Å². The molecule has 0 saturated heterocycles. The molecule has 94 valence electrons. The lowest BCUT2D eigenvalue weighted by molar-refractivity contribution is 0.0222. The summed E-state index contributed by atoms with van der Waals surface area (Å²) in [5.41, 5.74) is 7.35. The van der Waals surface area contributed by atoms with Crippen LogP contribution in [0.5, 0.6) is 0 Å². The van der Waals surface area contributed by atoms with Gasteiger partial charge in [0.2, 0.25) is 0 Å². The van der Waals surface area contributed by atoms with Crippen LogP contribution in [0.2, 0.25) is 0 Å². The van der Waals surface area contributed by atoms with E-state index in [1.807, 2.05) is 12.1 Å². The molecule has 0 bridgehead atoms. The number of nitrogens with two attached hydrogens (primary N) is 1. The average Bonchev–Trinajstić information content (AvgIpc) is 3.11. The fourth-order valence-corrected chi connectivity index (χ4v) is 2.34. The van der Waals surface area contributed by atoms with Gasteiger partial charge in [-0.25, -0.2) is 0 Å². The van der Waals surface area contributed by atoms with Crippen molar-refractivity contribution in [3.63, 3.8) is 0 Å². The molecule has 1 aliphatic rings. The molecule has 1 aliphatic carbocycles. The van der Waals surface area contributed by atoms with Gasteiger partial charge in [0.1, 0.15) is 5.60 Å². The Kier molecular flexibility index (Phi) is 3.04. The topological polar surface area (TPSA) is 46.2 Å². The van der Waals surface area contributed by atoms with Crippen molar-refractivity contribution < 1.29 is 5.11 Å². The summed E-state index contributed by atoms with van der Waals surface area (Å²) >= 11 is 0. The Morgan fingerprint density at radius 2 is 1.59 bits per heavy atom. The van der Waals surface area contributed by atoms with Gasteiger partial charge in [0.15, 0.2) is 0 Å². The third kappa shape index (κ3) is 2.38. The Morgan fingerprint density at radius 3 is 1.94 bits per heavy atom. The molecule has 0 aliphatic heterocycles. The molecule has 1 saturated carbocycles. The predicted molar refractivity (Wildman–Crippen MR) is 70.8 cm³/mol. The van der Waals surface area contributed by atoms with Crippen molar-refractivity contribution in [1.29, 1.82) is 0 Å². The van der Waals surface area contributed by atoms with Gasteiger partial charge in [-0.15, -0.1) is 0 Å². The molecular weight excluding hydrogens is 210 g/mol. The Balaban J connectivity index is 2.28. The maximum Gasteiger partial charge on any atom is 0.105 e. The smallest absolute Gasteiger partial charge is 0.105 e. The van der Waals surface area contributed by atoms with Crippen LogP contribution >= 0.6 is 0 Å². The zero-order valence-corrected chi connectivity index (χ0v) is 11.0. The second-order valence-corrected chi connectivity index (χ2v) is 6.23. The minimum absolute atomic E-state index is 0.152.